The number of carbonyl (C=O) groups excluding carboxylic acids is 2. The molecular weight excluding hydrogens is 278 g/mol. The van der Waals surface area contributed by atoms with Crippen molar-refractivity contribution in [3.63, 3.8) is 0 Å². The summed E-state index contributed by atoms with van der Waals surface area (Å²) in [7, 11) is 1.74. The summed E-state index contributed by atoms with van der Waals surface area (Å²) in [4.78, 5) is 34.8. The van der Waals surface area contributed by atoms with Crippen LogP contribution in [0.4, 0.5) is 0 Å². The Morgan fingerprint density at radius 3 is 2.55 bits per heavy atom. The van der Waals surface area contributed by atoms with Gasteiger partial charge in [-0.25, -0.2) is 0 Å². The fourth-order valence-electron chi connectivity index (χ4n) is 1.75. The van der Waals surface area contributed by atoms with Crippen molar-refractivity contribution in [2.75, 3.05) is 19.3 Å². The molecule has 6 heteroatoms. The largest absolute Gasteiger partial charge is 0.481 e. The monoisotopic (exact) mass is 303 g/mol. The smallest absolute Gasteiger partial charge is 0.303 e. The number of carboxylic acids is 1. The van der Waals surface area contributed by atoms with Crippen LogP contribution in [0.3, 0.4) is 0 Å². The Bertz CT molecular complexity index is 310. The lowest BCUT2D eigenvalue weighted by atomic mass is 10.2. The summed E-state index contributed by atoms with van der Waals surface area (Å²) < 4.78 is 0. The van der Waals surface area contributed by atoms with Gasteiger partial charge in [0.15, 0.2) is 0 Å². The van der Waals surface area contributed by atoms with Crippen molar-refractivity contribution in [2.24, 2.45) is 0 Å². The molecule has 1 amide bonds. The molecule has 20 heavy (non-hydrogen) atoms. The third kappa shape index (κ3) is 8.96. The van der Waals surface area contributed by atoms with Gasteiger partial charge in [0, 0.05) is 26.4 Å². The van der Waals surface area contributed by atoms with Gasteiger partial charge < -0.3 is 14.8 Å². The van der Waals surface area contributed by atoms with Crippen LogP contribution in [0.15, 0.2) is 0 Å². The lowest BCUT2D eigenvalue weighted by Gasteiger charge is -2.22. The third-order valence-electron chi connectivity index (χ3n) is 2.87. The highest BCUT2D eigenvalue weighted by atomic mass is 32.2. The fourth-order valence-corrected chi connectivity index (χ4v) is 2.80. The molecule has 0 saturated carbocycles. The highest BCUT2D eigenvalue weighted by molar-refractivity contribution is 8.00. The van der Waals surface area contributed by atoms with Gasteiger partial charge in [-0.3, -0.25) is 9.59 Å². The maximum absolute atomic E-state index is 12.2. The van der Waals surface area contributed by atoms with Crippen LogP contribution in [0.2, 0.25) is 0 Å². The first-order valence-electron chi connectivity index (χ1n) is 7.04. The number of amides is 1. The minimum Gasteiger partial charge on any atom is -0.481 e. The molecule has 0 heterocycles. The Morgan fingerprint density at radius 2 is 2.00 bits per heavy atom. The summed E-state index contributed by atoms with van der Waals surface area (Å²) in [5.41, 5.74) is 0. The van der Waals surface area contributed by atoms with Crippen molar-refractivity contribution in [3.05, 3.63) is 0 Å². The fraction of sp³-hybridized carbons (Fsp3) is 0.786. The molecule has 0 aliphatic carbocycles. The van der Waals surface area contributed by atoms with Crippen LogP contribution >= 0.6 is 11.8 Å². The highest BCUT2D eigenvalue weighted by Gasteiger charge is 2.21. The minimum absolute atomic E-state index is 0.00576. The van der Waals surface area contributed by atoms with E-state index in [4.69, 9.17) is 5.11 Å². The zero-order chi connectivity index (χ0) is 15.4. The Hall–Kier alpha value is -1.04. The van der Waals surface area contributed by atoms with E-state index in [9.17, 15) is 14.4 Å². The average Bonchev–Trinajstić information content (AvgIpc) is 2.41. The summed E-state index contributed by atoms with van der Waals surface area (Å²) in [5.74, 6) is 0.0849. The van der Waals surface area contributed by atoms with Crippen LogP contribution < -0.4 is 0 Å². The molecule has 0 bridgehead atoms. The van der Waals surface area contributed by atoms with E-state index in [2.05, 4.69) is 0 Å². The van der Waals surface area contributed by atoms with Gasteiger partial charge >= 0.3 is 5.97 Å². The Morgan fingerprint density at radius 1 is 1.30 bits per heavy atom. The topological polar surface area (TPSA) is 74.7 Å². The molecule has 5 nitrogen and oxygen atoms in total. The van der Waals surface area contributed by atoms with E-state index >= 15 is 0 Å². The number of unbranched alkanes of at least 4 members (excludes halogenated alkanes) is 2. The molecule has 0 aliphatic heterocycles. The molecule has 1 atom stereocenters. The van der Waals surface area contributed by atoms with E-state index in [1.54, 1.807) is 11.9 Å². The Kier molecular flexibility index (Phi) is 11.1. The second kappa shape index (κ2) is 11.8. The lowest BCUT2D eigenvalue weighted by molar-refractivity contribution is -0.137. The highest BCUT2D eigenvalue weighted by Crippen LogP contribution is 2.17. The number of aldehydes is 1. The van der Waals surface area contributed by atoms with Crippen molar-refractivity contribution in [1.82, 2.24) is 4.90 Å². The number of thioether (sulfide) groups is 1. The molecule has 0 aromatic rings. The van der Waals surface area contributed by atoms with Crippen LogP contribution in [0, 0.1) is 0 Å². The minimum atomic E-state index is -0.781. The normalized spacial score (nSPS) is 11.9. The zero-order valence-electron chi connectivity index (χ0n) is 12.3. The number of carboxylic acid groups (broad SMARTS) is 1. The van der Waals surface area contributed by atoms with Gasteiger partial charge in [-0.1, -0.05) is 13.3 Å². The van der Waals surface area contributed by atoms with Crippen LogP contribution in [-0.2, 0) is 14.4 Å². The summed E-state index contributed by atoms with van der Waals surface area (Å²) in [6, 6.07) is 0. The standard InChI is InChI=1S/C14H25NO4S/c1-3-11-20-12(8-10-16)14(19)15(2)9-6-4-5-7-13(17)18/h10,12H,3-9,11H2,1-2H3,(H,17,18). The lowest BCUT2D eigenvalue weighted by Crippen LogP contribution is -2.35. The van der Waals surface area contributed by atoms with E-state index in [1.165, 1.54) is 11.8 Å². The maximum Gasteiger partial charge on any atom is 0.303 e. The molecule has 0 aliphatic rings. The maximum atomic E-state index is 12.2. The summed E-state index contributed by atoms with van der Waals surface area (Å²) >= 11 is 1.53. The number of carbonyl (C=O) groups is 3. The van der Waals surface area contributed by atoms with Crippen molar-refractivity contribution >= 4 is 29.9 Å². The van der Waals surface area contributed by atoms with Gasteiger partial charge in [0.2, 0.25) is 5.91 Å². The Balaban J connectivity index is 4.02. The van der Waals surface area contributed by atoms with Crippen LogP contribution in [0.25, 0.3) is 0 Å². The molecule has 0 aromatic heterocycles. The molecule has 0 rings (SSSR count). The van der Waals surface area contributed by atoms with Gasteiger partial charge in [-0.2, -0.15) is 0 Å². The second-order valence-electron chi connectivity index (χ2n) is 4.73. The van der Waals surface area contributed by atoms with Crippen molar-refractivity contribution in [2.45, 2.75) is 50.7 Å². The van der Waals surface area contributed by atoms with E-state index < -0.39 is 5.97 Å². The van der Waals surface area contributed by atoms with Gasteiger partial charge in [0.25, 0.3) is 0 Å². The van der Waals surface area contributed by atoms with Gasteiger partial charge in [0.1, 0.15) is 6.29 Å². The number of nitrogens with zero attached hydrogens (tertiary/aromatic N) is 1. The number of hydrogen-bond acceptors (Lipinski definition) is 4. The van der Waals surface area contributed by atoms with Crippen LogP contribution in [0.5, 0.6) is 0 Å². The first-order valence-corrected chi connectivity index (χ1v) is 8.09. The van der Waals surface area contributed by atoms with Crippen LogP contribution in [0.1, 0.15) is 45.4 Å². The van der Waals surface area contributed by atoms with Crippen molar-refractivity contribution in [1.29, 1.82) is 0 Å². The van der Waals surface area contributed by atoms with Gasteiger partial charge in [0.05, 0.1) is 5.25 Å². The Labute approximate surface area is 125 Å². The second-order valence-corrected chi connectivity index (χ2v) is 6.04. The number of hydrogen-bond donors (Lipinski definition) is 1. The number of rotatable bonds is 12. The molecule has 0 aromatic carbocycles. The first kappa shape index (κ1) is 19.0. The summed E-state index contributed by atoms with van der Waals surface area (Å²) in [6.07, 6.45) is 4.44. The molecule has 0 saturated heterocycles. The summed E-state index contributed by atoms with van der Waals surface area (Å²) in [5, 5.41) is 8.24. The number of aliphatic carboxylic acids is 1. The molecule has 1 N–H and O–H groups in total. The molecule has 1 unspecified atom stereocenters. The van der Waals surface area contributed by atoms with E-state index in [-0.39, 0.29) is 24.0 Å². The van der Waals surface area contributed by atoms with Crippen LogP contribution in [-0.4, -0.2) is 52.8 Å². The molecule has 116 valence electrons. The molecule has 0 fully saturated rings. The predicted molar refractivity (Wildman–Crippen MR) is 81.0 cm³/mol. The first-order chi connectivity index (χ1) is 9.52. The predicted octanol–water partition coefficient (Wildman–Crippen LogP) is 2.19. The summed E-state index contributed by atoms with van der Waals surface area (Å²) in [6.45, 7) is 2.65. The van der Waals surface area contributed by atoms with Crippen molar-refractivity contribution < 1.29 is 19.5 Å². The van der Waals surface area contributed by atoms with Gasteiger partial charge in [-0.15, -0.1) is 11.8 Å². The van der Waals surface area contributed by atoms with Gasteiger partial charge in [-0.05, 0) is 25.0 Å². The third-order valence-corrected chi connectivity index (χ3v) is 4.31. The average molecular weight is 303 g/mol. The van der Waals surface area contributed by atoms with E-state index in [0.29, 0.717) is 13.0 Å². The molecular formula is C14H25NO4S. The van der Waals surface area contributed by atoms with Crippen molar-refractivity contribution in [3.8, 4) is 0 Å². The molecule has 0 spiro atoms. The van der Waals surface area contributed by atoms with E-state index in [1.807, 2.05) is 6.92 Å². The zero-order valence-corrected chi connectivity index (χ0v) is 13.2. The van der Waals surface area contributed by atoms with E-state index in [0.717, 1.165) is 31.3 Å². The quantitative estimate of drug-likeness (QED) is 0.442. The SMILES string of the molecule is CCCSC(CC=O)C(=O)N(C)CCCCCC(=O)O. The molecule has 0 radical (unpaired) electrons.